The zero-order valence-electron chi connectivity index (χ0n) is 11.6. The van der Waals surface area contributed by atoms with E-state index < -0.39 is 0 Å². The van der Waals surface area contributed by atoms with Crippen LogP contribution in [-0.2, 0) is 0 Å². The summed E-state index contributed by atoms with van der Waals surface area (Å²) in [6.07, 6.45) is 1.69. The first-order valence-electron chi connectivity index (χ1n) is 6.32. The van der Waals surface area contributed by atoms with Crippen molar-refractivity contribution < 1.29 is 0 Å². The van der Waals surface area contributed by atoms with E-state index in [1.807, 2.05) is 12.1 Å². The number of nitrogens with one attached hydrogen (secondary N) is 1. The smallest absolute Gasteiger partial charge is 0.184 e. The Morgan fingerprint density at radius 3 is 2.45 bits per heavy atom. The highest BCUT2D eigenvalue weighted by atomic mass is 32.1. The minimum atomic E-state index is 0.160. The summed E-state index contributed by atoms with van der Waals surface area (Å²) < 4.78 is 0. The average molecular weight is 283 g/mol. The molecule has 0 atom stereocenters. The van der Waals surface area contributed by atoms with E-state index in [9.17, 15) is 0 Å². The second-order valence-electron chi connectivity index (χ2n) is 4.67. The molecule has 2 rings (SSSR count). The Hall–Kier alpha value is -2.20. The number of rotatable bonds is 3. The normalized spacial score (nSPS) is 10.7. The van der Waals surface area contributed by atoms with Crippen LogP contribution in [0.3, 0.4) is 0 Å². The van der Waals surface area contributed by atoms with Crippen LogP contribution in [0.15, 0.2) is 47.6 Å². The standard InChI is InChI=1S/C16H17N3S/c1-11-3-8-15(12(2)9-11)14-6-4-13(5-7-14)10-18-19-16(17)20/h3-10H,1-2H3,(H3,17,19,20). The summed E-state index contributed by atoms with van der Waals surface area (Å²) in [7, 11) is 0. The number of hydrazone groups is 1. The zero-order chi connectivity index (χ0) is 14.5. The summed E-state index contributed by atoms with van der Waals surface area (Å²) in [5.41, 5.74) is 13.8. The van der Waals surface area contributed by atoms with Crippen molar-refractivity contribution in [3.8, 4) is 11.1 Å². The van der Waals surface area contributed by atoms with E-state index in [2.05, 4.69) is 66.9 Å². The maximum atomic E-state index is 5.29. The van der Waals surface area contributed by atoms with E-state index in [0.717, 1.165) is 5.56 Å². The van der Waals surface area contributed by atoms with E-state index in [1.165, 1.54) is 22.3 Å². The Morgan fingerprint density at radius 2 is 1.85 bits per heavy atom. The maximum Gasteiger partial charge on any atom is 0.184 e. The molecule has 0 aliphatic rings. The third-order valence-corrected chi connectivity index (χ3v) is 3.08. The van der Waals surface area contributed by atoms with Crippen molar-refractivity contribution >= 4 is 23.5 Å². The number of hydrogen-bond donors (Lipinski definition) is 2. The van der Waals surface area contributed by atoms with Crippen molar-refractivity contribution in [1.29, 1.82) is 0 Å². The van der Waals surface area contributed by atoms with Gasteiger partial charge in [0, 0.05) is 0 Å². The van der Waals surface area contributed by atoms with Crippen LogP contribution >= 0.6 is 12.2 Å². The van der Waals surface area contributed by atoms with Crippen LogP contribution in [0.4, 0.5) is 0 Å². The molecule has 2 aromatic carbocycles. The molecule has 2 aromatic rings. The van der Waals surface area contributed by atoms with Gasteiger partial charge in [0.1, 0.15) is 0 Å². The molecule has 0 unspecified atom stereocenters. The van der Waals surface area contributed by atoms with Crippen LogP contribution in [0.2, 0.25) is 0 Å². The molecule has 3 nitrogen and oxygen atoms in total. The molecule has 4 heteroatoms. The highest BCUT2D eigenvalue weighted by Gasteiger charge is 2.01. The van der Waals surface area contributed by atoms with Gasteiger partial charge in [-0.1, -0.05) is 48.0 Å². The number of aryl methyl sites for hydroxylation is 2. The summed E-state index contributed by atoms with van der Waals surface area (Å²) in [6.45, 7) is 4.23. The molecule has 0 aliphatic carbocycles. The fourth-order valence-electron chi connectivity index (χ4n) is 2.06. The van der Waals surface area contributed by atoms with Crippen LogP contribution in [0.25, 0.3) is 11.1 Å². The molecule has 0 radical (unpaired) electrons. The van der Waals surface area contributed by atoms with Gasteiger partial charge in [0.25, 0.3) is 0 Å². The van der Waals surface area contributed by atoms with Crippen LogP contribution in [0.1, 0.15) is 16.7 Å². The average Bonchev–Trinajstić information content (AvgIpc) is 2.39. The number of nitrogens with two attached hydrogens (primary N) is 1. The van der Waals surface area contributed by atoms with Crippen molar-refractivity contribution in [2.45, 2.75) is 13.8 Å². The monoisotopic (exact) mass is 283 g/mol. The summed E-state index contributed by atoms with van der Waals surface area (Å²) in [5.74, 6) is 0. The lowest BCUT2D eigenvalue weighted by molar-refractivity contribution is 1.04. The molecule has 0 bridgehead atoms. The zero-order valence-corrected chi connectivity index (χ0v) is 12.4. The molecule has 0 saturated carbocycles. The lowest BCUT2D eigenvalue weighted by atomic mass is 9.98. The number of benzene rings is 2. The summed E-state index contributed by atoms with van der Waals surface area (Å²) in [4.78, 5) is 0. The van der Waals surface area contributed by atoms with Crippen LogP contribution in [-0.4, -0.2) is 11.3 Å². The molecule has 0 heterocycles. The molecule has 102 valence electrons. The van der Waals surface area contributed by atoms with E-state index in [-0.39, 0.29) is 5.11 Å². The molecule has 0 amide bonds. The number of thiocarbonyl (C=S) groups is 1. The molecule has 0 saturated heterocycles. The van der Waals surface area contributed by atoms with Gasteiger partial charge in [-0.25, -0.2) is 0 Å². The van der Waals surface area contributed by atoms with Gasteiger partial charge in [-0.05, 0) is 48.3 Å². The van der Waals surface area contributed by atoms with Gasteiger partial charge in [-0.15, -0.1) is 0 Å². The SMILES string of the molecule is Cc1ccc(-c2ccc(C=NNC(N)=S)cc2)c(C)c1. The quantitative estimate of drug-likeness (QED) is 0.517. The lowest BCUT2D eigenvalue weighted by Crippen LogP contribution is -2.23. The predicted octanol–water partition coefficient (Wildman–Crippen LogP) is 3.14. The molecule has 20 heavy (non-hydrogen) atoms. The van der Waals surface area contributed by atoms with Gasteiger partial charge < -0.3 is 5.73 Å². The van der Waals surface area contributed by atoms with Gasteiger partial charge in [0.2, 0.25) is 0 Å². The molecular formula is C16H17N3S. The summed E-state index contributed by atoms with van der Waals surface area (Å²) >= 11 is 4.67. The topological polar surface area (TPSA) is 50.4 Å². The molecule has 0 spiro atoms. The second-order valence-corrected chi connectivity index (χ2v) is 5.11. The molecule has 0 fully saturated rings. The number of nitrogens with zero attached hydrogens (tertiary/aromatic N) is 1. The highest BCUT2D eigenvalue weighted by molar-refractivity contribution is 7.80. The molecule has 0 aromatic heterocycles. The van der Waals surface area contributed by atoms with Crippen molar-refractivity contribution in [3.63, 3.8) is 0 Å². The van der Waals surface area contributed by atoms with E-state index in [0.29, 0.717) is 0 Å². The molecule has 0 aliphatic heterocycles. The second kappa shape index (κ2) is 6.30. The fourth-order valence-corrected chi connectivity index (χ4v) is 2.11. The lowest BCUT2D eigenvalue weighted by Gasteiger charge is -2.07. The Kier molecular flexibility index (Phi) is 4.48. The Balaban J connectivity index is 2.19. The number of hydrogen-bond acceptors (Lipinski definition) is 2. The first-order chi connectivity index (χ1) is 9.56. The molecule has 3 N–H and O–H groups in total. The summed E-state index contributed by atoms with van der Waals surface area (Å²) in [6, 6.07) is 14.7. The third kappa shape index (κ3) is 3.65. The third-order valence-electron chi connectivity index (χ3n) is 2.99. The highest BCUT2D eigenvalue weighted by Crippen LogP contribution is 2.24. The van der Waals surface area contributed by atoms with E-state index in [1.54, 1.807) is 6.21 Å². The van der Waals surface area contributed by atoms with Crippen molar-refractivity contribution in [3.05, 3.63) is 59.2 Å². The molecular weight excluding hydrogens is 266 g/mol. The first kappa shape index (κ1) is 14.2. The minimum absolute atomic E-state index is 0.160. The van der Waals surface area contributed by atoms with Gasteiger partial charge in [-0.3, -0.25) is 5.43 Å². The fraction of sp³-hybridized carbons (Fsp3) is 0.125. The van der Waals surface area contributed by atoms with E-state index in [4.69, 9.17) is 5.73 Å². The van der Waals surface area contributed by atoms with Gasteiger partial charge in [-0.2, -0.15) is 5.10 Å². The van der Waals surface area contributed by atoms with E-state index >= 15 is 0 Å². The van der Waals surface area contributed by atoms with Gasteiger partial charge >= 0.3 is 0 Å². The Morgan fingerprint density at radius 1 is 1.15 bits per heavy atom. The summed E-state index contributed by atoms with van der Waals surface area (Å²) in [5, 5.41) is 4.09. The Labute approximate surface area is 124 Å². The minimum Gasteiger partial charge on any atom is -0.375 e. The largest absolute Gasteiger partial charge is 0.375 e. The van der Waals surface area contributed by atoms with Crippen molar-refractivity contribution in [1.82, 2.24) is 5.43 Å². The van der Waals surface area contributed by atoms with Gasteiger partial charge in [0.15, 0.2) is 5.11 Å². The maximum absolute atomic E-state index is 5.29. The predicted molar refractivity (Wildman–Crippen MR) is 88.9 cm³/mol. The Bertz CT molecular complexity index is 645. The van der Waals surface area contributed by atoms with Crippen molar-refractivity contribution in [2.24, 2.45) is 10.8 Å². The van der Waals surface area contributed by atoms with Crippen LogP contribution < -0.4 is 11.2 Å². The van der Waals surface area contributed by atoms with Crippen molar-refractivity contribution in [2.75, 3.05) is 0 Å². The van der Waals surface area contributed by atoms with Gasteiger partial charge in [0.05, 0.1) is 6.21 Å². The van der Waals surface area contributed by atoms with Crippen LogP contribution in [0, 0.1) is 13.8 Å². The first-order valence-corrected chi connectivity index (χ1v) is 6.73. The van der Waals surface area contributed by atoms with Crippen LogP contribution in [0.5, 0.6) is 0 Å².